The molecule has 1 saturated heterocycles. The molecule has 0 saturated carbocycles. The zero-order chi connectivity index (χ0) is 28.4. The Morgan fingerprint density at radius 2 is 1.62 bits per heavy atom. The van der Waals surface area contributed by atoms with Crippen LogP contribution < -0.4 is 18.9 Å². The maximum absolute atomic E-state index is 11.8. The normalized spacial score (nSPS) is 17.2. The third kappa shape index (κ3) is 7.97. The van der Waals surface area contributed by atoms with E-state index in [4.69, 9.17) is 42.6 Å². The van der Waals surface area contributed by atoms with Crippen LogP contribution in [0.5, 0.6) is 23.0 Å². The fourth-order valence-electron chi connectivity index (χ4n) is 4.63. The SMILES string of the molecule is CCc1c(OCOC)cc(OCOC)c(C(O)c2ccc(OC)c(OC)c2)c1CCOCC1COC(C)(C)O1. The van der Waals surface area contributed by atoms with Gasteiger partial charge in [0.25, 0.3) is 0 Å². The molecule has 0 aliphatic carbocycles. The minimum Gasteiger partial charge on any atom is -0.493 e. The lowest BCUT2D eigenvalue weighted by atomic mass is 9.89. The van der Waals surface area contributed by atoms with Crippen LogP contribution in [-0.2, 0) is 36.5 Å². The third-order valence-electron chi connectivity index (χ3n) is 6.40. The van der Waals surface area contributed by atoms with Crippen LogP contribution in [0.25, 0.3) is 0 Å². The van der Waals surface area contributed by atoms with E-state index in [1.165, 1.54) is 7.11 Å². The van der Waals surface area contributed by atoms with E-state index in [1.54, 1.807) is 45.6 Å². The number of benzene rings is 2. The van der Waals surface area contributed by atoms with Gasteiger partial charge in [-0.3, -0.25) is 0 Å². The molecule has 0 amide bonds. The van der Waals surface area contributed by atoms with E-state index in [1.807, 2.05) is 20.8 Å². The van der Waals surface area contributed by atoms with Crippen LogP contribution in [0.4, 0.5) is 0 Å². The molecular formula is C29H42O10. The van der Waals surface area contributed by atoms with E-state index in [9.17, 15) is 5.11 Å². The molecule has 0 bridgehead atoms. The van der Waals surface area contributed by atoms with Crippen molar-refractivity contribution in [1.82, 2.24) is 0 Å². The first-order chi connectivity index (χ1) is 18.8. The molecule has 10 heteroatoms. The number of aliphatic hydroxyl groups excluding tert-OH is 1. The van der Waals surface area contributed by atoms with Crippen LogP contribution >= 0.6 is 0 Å². The Morgan fingerprint density at radius 1 is 0.923 bits per heavy atom. The summed E-state index contributed by atoms with van der Waals surface area (Å²) in [5.74, 6) is 1.51. The molecular weight excluding hydrogens is 508 g/mol. The van der Waals surface area contributed by atoms with Gasteiger partial charge in [-0.25, -0.2) is 0 Å². The molecule has 0 aromatic heterocycles. The number of ether oxygens (including phenoxy) is 9. The largest absolute Gasteiger partial charge is 0.493 e. The summed E-state index contributed by atoms with van der Waals surface area (Å²) in [6, 6.07) is 7.08. The second-order valence-electron chi connectivity index (χ2n) is 9.49. The highest BCUT2D eigenvalue weighted by atomic mass is 16.7. The van der Waals surface area contributed by atoms with E-state index in [-0.39, 0.29) is 19.7 Å². The summed E-state index contributed by atoms with van der Waals surface area (Å²) in [6.45, 7) is 7.12. The van der Waals surface area contributed by atoms with Gasteiger partial charge < -0.3 is 47.7 Å². The summed E-state index contributed by atoms with van der Waals surface area (Å²) in [5.41, 5.74) is 3.01. The number of rotatable bonds is 16. The molecule has 2 unspecified atom stereocenters. The summed E-state index contributed by atoms with van der Waals surface area (Å²) in [7, 11) is 6.23. The molecule has 39 heavy (non-hydrogen) atoms. The van der Waals surface area contributed by atoms with Crippen molar-refractivity contribution in [2.24, 2.45) is 0 Å². The second-order valence-corrected chi connectivity index (χ2v) is 9.49. The lowest BCUT2D eigenvalue weighted by Gasteiger charge is -2.25. The van der Waals surface area contributed by atoms with Crippen molar-refractivity contribution in [1.29, 1.82) is 0 Å². The van der Waals surface area contributed by atoms with Gasteiger partial charge in [-0.1, -0.05) is 13.0 Å². The quantitative estimate of drug-likeness (QED) is 0.243. The lowest BCUT2D eigenvalue weighted by Crippen LogP contribution is -2.24. The van der Waals surface area contributed by atoms with Crippen LogP contribution in [0.3, 0.4) is 0 Å². The van der Waals surface area contributed by atoms with Crippen LogP contribution in [0.1, 0.15) is 49.1 Å². The molecule has 1 fully saturated rings. The first-order valence-corrected chi connectivity index (χ1v) is 13.0. The minimum absolute atomic E-state index is 0.00835. The lowest BCUT2D eigenvalue weighted by molar-refractivity contribution is -0.144. The number of methoxy groups -OCH3 is 4. The highest BCUT2D eigenvalue weighted by Crippen LogP contribution is 2.42. The fourth-order valence-corrected chi connectivity index (χ4v) is 4.63. The molecule has 0 spiro atoms. The summed E-state index contributed by atoms with van der Waals surface area (Å²) >= 11 is 0. The average molecular weight is 551 g/mol. The molecule has 1 aliphatic rings. The van der Waals surface area contributed by atoms with Crippen molar-refractivity contribution in [3.05, 3.63) is 46.5 Å². The van der Waals surface area contributed by atoms with Crippen LogP contribution in [0.2, 0.25) is 0 Å². The van der Waals surface area contributed by atoms with E-state index in [2.05, 4.69) is 0 Å². The van der Waals surface area contributed by atoms with Gasteiger partial charge in [-0.15, -0.1) is 0 Å². The molecule has 2 atom stereocenters. The Labute approximate surface area is 231 Å². The van der Waals surface area contributed by atoms with Crippen molar-refractivity contribution in [2.45, 2.75) is 51.6 Å². The highest BCUT2D eigenvalue weighted by Gasteiger charge is 2.33. The Bertz CT molecular complexity index is 1050. The van der Waals surface area contributed by atoms with Gasteiger partial charge in [0.2, 0.25) is 0 Å². The smallest absolute Gasteiger partial charge is 0.188 e. The first-order valence-electron chi connectivity index (χ1n) is 13.0. The third-order valence-corrected chi connectivity index (χ3v) is 6.40. The summed E-state index contributed by atoms with van der Waals surface area (Å²) in [4.78, 5) is 0. The van der Waals surface area contributed by atoms with Gasteiger partial charge in [-0.05, 0) is 55.5 Å². The minimum atomic E-state index is -1.04. The molecule has 1 heterocycles. The Morgan fingerprint density at radius 3 is 2.21 bits per heavy atom. The van der Waals surface area contributed by atoms with Gasteiger partial charge in [0, 0.05) is 25.8 Å². The maximum atomic E-state index is 11.8. The Balaban J connectivity index is 2.00. The van der Waals surface area contributed by atoms with E-state index >= 15 is 0 Å². The van der Waals surface area contributed by atoms with Gasteiger partial charge >= 0.3 is 0 Å². The van der Waals surface area contributed by atoms with E-state index < -0.39 is 11.9 Å². The molecule has 1 aliphatic heterocycles. The molecule has 10 nitrogen and oxygen atoms in total. The number of hydrogen-bond acceptors (Lipinski definition) is 10. The van der Waals surface area contributed by atoms with Gasteiger partial charge in [0.15, 0.2) is 30.9 Å². The maximum Gasteiger partial charge on any atom is 0.188 e. The number of aliphatic hydroxyl groups is 1. The van der Waals surface area contributed by atoms with E-state index in [0.717, 1.165) is 11.1 Å². The molecule has 2 aromatic rings. The first kappa shape index (κ1) is 30.9. The van der Waals surface area contributed by atoms with Crippen LogP contribution in [0, 0.1) is 0 Å². The Kier molecular flexibility index (Phi) is 11.7. The highest BCUT2D eigenvalue weighted by molar-refractivity contribution is 5.57. The molecule has 0 radical (unpaired) electrons. The van der Waals surface area contributed by atoms with E-state index in [0.29, 0.717) is 66.8 Å². The van der Waals surface area contributed by atoms with Crippen LogP contribution in [0.15, 0.2) is 24.3 Å². The van der Waals surface area contributed by atoms with Gasteiger partial charge in [-0.2, -0.15) is 0 Å². The monoisotopic (exact) mass is 550 g/mol. The number of hydrogen-bond donors (Lipinski definition) is 1. The zero-order valence-corrected chi connectivity index (χ0v) is 24.0. The standard InChI is InChI=1S/C29H42O10/c1-8-21-22(11-12-35-15-20-16-38-29(2,3)39-20)27(26(37-18-32-5)14-24(21)36-17-31-4)28(30)19-9-10-23(33-6)25(13-19)34-7/h9-10,13-14,20,28,30H,8,11-12,15-18H2,1-7H3. The van der Waals surface area contributed by atoms with Crippen molar-refractivity contribution >= 4 is 0 Å². The second kappa shape index (κ2) is 14.7. The molecule has 3 rings (SSSR count). The molecule has 1 N–H and O–H groups in total. The molecule has 2 aromatic carbocycles. The van der Waals surface area contributed by atoms with Gasteiger partial charge in [0.1, 0.15) is 23.7 Å². The summed E-state index contributed by atoms with van der Waals surface area (Å²) in [6.07, 6.45) is -0.0358. The van der Waals surface area contributed by atoms with Crippen molar-refractivity contribution in [3.63, 3.8) is 0 Å². The average Bonchev–Trinajstić information content (AvgIpc) is 3.29. The summed E-state index contributed by atoms with van der Waals surface area (Å²) in [5, 5.41) is 11.8. The molecule has 218 valence electrons. The van der Waals surface area contributed by atoms with Gasteiger partial charge in [0.05, 0.1) is 34.0 Å². The van der Waals surface area contributed by atoms with Crippen molar-refractivity contribution < 1.29 is 47.7 Å². The van der Waals surface area contributed by atoms with Crippen molar-refractivity contribution in [2.75, 3.05) is 61.8 Å². The predicted molar refractivity (Wildman–Crippen MR) is 144 cm³/mol. The predicted octanol–water partition coefficient (Wildman–Crippen LogP) is 4.02. The zero-order valence-electron chi connectivity index (χ0n) is 24.0. The fraction of sp³-hybridized carbons (Fsp3) is 0.586. The van der Waals surface area contributed by atoms with Crippen molar-refractivity contribution in [3.8, 4) is 23.0 Å². The van der Waals surface area contributed by atoms with Crippen LogP contribution in [-0.4, -0.2) is 78.8 Å². The Hall–Kier alpha value is -2.60. The topological polar surface area (TPSA) is 103 Å². The summed E-state index contributed by atoms with van der Waals surface area (Å²) < 4.78 is 50.6.